The number of nitrogens with two attached hydrogens (primary N) is 1. The minimum absolute atomic E-state index is 0.437. The number of nitrogens with zero attached hydrogens (tertiary/aromatic N) is 1. The van der Waals surface area contributed by atoms with Crippen LogP contribution < -0.4 is 5.73 Å². The van der Waals surface area contributed by atoms with Crippen LogP contribution in [-0.4, -0.2) is 10.5 Å². The van der Waals surface area contributed by atoms with Crippen molar-refractivity contribution in [3.8, 4) is 0 Å². The van der Waals surface area contributed by atoms with Crippen LogP contribution in [0.3, 0.4) is 0 Å². The predicted octanol–water partition coefficient (Wildman–Crippen LogP) is 1.93. The van der Waals surface area contributed by atoms with Crippen LogP contribution in [0.5, 0.6) is 0 Å². The molecule has 0 aliphatic carbocycles. The number of amides is 1. The molecule has 0 radical (unpaired) electrons. The third-order valence-electron chi connectivity index (χ3n) is 2.22. The van der Waals surface area contributed by atoms with Gasteiger partial charge in [0.1, 0.15) is 0 Å². The molecule has 1 aromatic carbocycles. The Morgan fingerprint density at radius 2 is 2.21 bits per heavy atom. The van der Waals surface area contributed by atoms with Gasteiger partial charge < -0.3 is 10.3 Å². The Kier molecular flexibility index (Phi) is 1.97. The number of fused-ring (bicyclic) bond motifs is 1. The molecule has 2 rings (SSSR count). The zero-order chi connectivity index (χ0) is 10.3. The standard InChI is InChI=1S/C10H9ClN2O/c1-13-5-8(11)6-3-2-4-7(9(6)13)10(12)14/h2-5H,1H3,(H2,12,14). The van der Waals surface area contributed by atoms with Gasteiger partial charge in [0.15, 0.2) is 0 Å². The maximum atomic E-state index is 11.1. The first-order chi connectivity index (χ1) is 6.61. The van der Waals surface area contributed by atoms with E-state index >= 15 is 0 Å². The van der Waals surface area contributed by atoms with Crippen LogP contribution in [0.4, 0.5) is 0 Å². The average Bonchev–Trinajstić information content (AvgIpc) is 2.43. The van der Waals surface area contributed by atoms with Gasteiger partial charge in [0.25, 0.3) is 5.91 Å². The Balaban J connectivity index is 2.92. The fraction of sp³-hybridized carbons (Fsp3) is 0.100. The molecule has 4 heteroatoms. The third-order valence-corrected chi connectivity index (χ3v) is 2.52. The van der Waals surface area contributed by atoms with Gasteiger partial charge >= 0.3 is 0 Å². The van der Waals surface area contributed by atoms with E-state index in [0.717, 1.165) is 10.9 Å². The molecule has 1 aromatic heterocycles. The lowest BCUT2D eigenvalue weighted by atomic mass is 10.1. The third kappa shape index (κ3) is 1.17. The molecule has 0 spiro atoms. The number of halogens is 1. The summed E-state index contributed by atoms with van der Waals surface area (Å²) in [4.78, 5) is 11.1. The molecule has 1 heterocycles. The van der Waals surface area contributed by atoms with E-state index in [1.54, 1.807) is 22.9 Å². The molecule has 2 N–H and O–H groups in total. The smallest absolute Gasteiger partial charge is 0.250 e. The highest BCUT2D eigenvalue weighted by molar-refractivity contribution is 6.36. The summed E-state index contributed by atoms with van der Waals surface area (Å²) in [6, 6.07) is 5.33. The first kappa shape index (κ1) is 9.09. The van der Waals surface area contributed by atoms with Gasteiger partial charge in [-0.2, -0.15) is 0 Å². The first-order valence-electron chi connectivity index (χ1n) is 4.14. The highest BCUT2D eigenvalue weighted by Gasteiger charge is 2.11. The Morgan fingerprint density at radius 1 is 1.50 bits per heavy atom. The fourth-order valence-corrected chi connectivity index (χ4v) is 1.92. The van der Waals surface area contributed by atoms with Crippen LogP contribution in [0.15, 0.2) is 24.4 Å². The van der Waals surface area contributed by atoms with Crippen molar-refractivity contribution in [3.63, 3.8) is 0 Å². The molecule has 14 heavy (non-hydrogen) atoms. The summed E-state index contributed by atoms with van der Waals surface area (Å²) >= 11 is 5.98. The number of primary amides is 1. The number of carbonyl (C=O) groups is 1. The number of hydrogen-bond donors (Lipinski definition) is 1. The Labute approximate surface area is 86.1 Å². The van der Waals surface area contributed by atoms with E-state index in [2.05, 4.69) is 0 Å². The van der Waals surface area contributed by atoms with Crippen LogP contribution in [0.1, 0.15) is 10.4 Å². The van der Waals surface area contributed by atoms with Crippen molar-refractivity contribution in [1.82, 2.24) is 4.57 Å². The maximum absolute atomic E-state index is 11.1. The Bertz CT molecular complexity index is 516. The lowest BCUT2D eigenvalue weighted by Crippen LogP contribution is -2.12. The van der Waals surface area contributed by atoms with Crippen molar-refractivity contribution in [2.75, 3.05) is 0 Å². The van der Waals surface area contributed by atoms with Crippen molar-refractivity contribution in [2.45, 2.75) is 0 Å². The minimum atomic E-state index is -0.437. The van der Waals surface area contributed by atoms with E-state index in [9.17, 15) is 4.79 Å². The summed E-state index contributed by atoms with van der Waals surface area (Å²) in [5.74, 6) is -0.437. The second kappa shape index (κ2) is 3.03. The van der Waals surface area contributed by atoms with E-state index in [1.165, 1.54) is 0 Å². The monoisotopic (exact) mass is 208 g/mol. The predicted molar refractivity (Wildman–Crippen MR) is 56.4 cm³/mol. The molecule has 0 atom stereocenters. The molecule has 0 aliphatic heterocycles. The normalized spacial score (nSPS) is 10.7. The molecule has 0 saturated heterocycles. The van der Waals surface area contributed by atoms with Crippen LogP contribution in [0.25, 0.3) is 10.9 Å². The summed E-state index contributed by atoms with van der Waals surface area (Å²) in [5, 5.41) is 1.48. The van der Waals surface area contributed by atoms with E-state index in [0.29, 0.717) is 10.6 Å². The van der Waals surface area contributed by atoms with Gasteiger partial charge in [-0.3, -0.25) is 4.79 Å². The zero-order valence-electron chi connectivity index (χ0n) is 7.62. The second-order valence-corrected chi connectivity index (χ2v) is 3.56. The van der Waals surface area contributed by atoms with E-state index in [1.807, 2.05) is 13.1 Å². The molecular formula is C10H9ClN2O. The van der Waals surface area contributed by atoms with E-state index in [-0.39, 0.29) is 0 Å². The van der Waals surface area contributed by atoms with Crippen molar-refractivity contribution >= 4 is 28.4 Å². The second-order valence-electron chi connectivity index (χ2n) is 3.15. The highest BCUT2D eigenvalue weighted by atomic mass is 35.5. The summed E-state index contributed by atoms with van der Waals surface area (Å²) < 4.78 is 1.80. The van der Waals surface area contributed by atoms with Gasteiger partial charge in [0.05, 0.1) is 16.1 Å². The summed E-state index contributed by atoms with van der Waals surface area (Å²) in [6.07, 6.45) is 1.76. The number of aryl methyl sites for hydroxylation is 1. The van der Waals surface area contributed by atoms with Crippen molar-refractivity contribution in [1.29, 1.82) is 0 Å². The summed E-state index contributed by atoms with van der Waals surface area (Å²) in [5.41, 5.74) is 6.54. The van der Waals surface area contributed by atoms with Gasteiger partial charge in [0.2, 0.25) is 0 Å². The fourth-order valence-electron chi connectivity index (χ4n) is 1.62. The number of benzene rings is 1. The summed E-state index contributed by atoms with van der Waals surface area (Å²) in [6.45, 7) is 0. The molecule has 0 saturated carbocycles. The topological polar surface area (TPSA) is 48.0 Å². The Morgan fingerprint density at radius 3 is 2.86 bits per heavy atom. The maximum Gasteiger partial charge on any atom is 0.250 e. The Hall–Kier alpha value is -1.48. The molecule has 3 nitrogen and oxygen atoms in total. The van der Waals surface area contributed by atoms with Gasteiger partial charge in [-0.05, 0) is 6.07 Å². The van der Waals surface area contributed by atoms with Crippen molar-refractivity contribution in [3.05, 3.63) is 35.0 Å². The molecule has 0 aliphatic rings. The van der Waals surface area contributed by atoms with E-state index < -0.39 is 5.91 Å². The summed E-state index contributed by atoms with van der Waals surface area (Å²) in [7, 11) is 1.83. The first-order valence-corrected chi connectivity index (χ1v) is 4.52. The van der Waals surface area contributed by atoms with Gasteiger partial charge in [-0.1, -0.05) is 23.7 Å². The molecule has 2 aromatic rings. The lowest BCUT2D eigenvalue weighted by Gasteiger charge is -2.01. The zero-order valence-corrected chi connectivity index (χ0v) is 8.38. The van der Waals surface area contributed by atoms with Crippen LogP contribution in [0, 0.1) is 0 Å². The van der Waals surface area contributed by atoms with Crippen LogP contribution in [0.2, 0.25) is 5.02 Å². The molecule has 0 bridgehead atoms. The molecular weight excluding hydrogens is 200 g/mol. The SMILES string of the molecule is Cn1cc(Cl)c2cccc(C(N)=O)c21. The quantitative estimate of drug-likeness (QED) is 0.765. The minimum Gasteiger partial charge on any atom is -0.366 e. The van der Waals surface area contributed by atoms with Gasteiger partial charge in [-0.15, -0.1) is 0 Å². The number of rotatable bonds is 1. The average molecular weight is 209 g/mol. The van der Waals surface area contributed by atoms with Gasteiger partial charge in [0, 0.05) is 18.6 Å². The van der Waals surface area contributed by atoms with Crippen LogP contribution >= 0.6 is 11.6 Å². The number of aromatic nitrogens is 1. The molecule has 0 unspecified atom stereocenters. The number of carbonyl (C=O) groups excluding carboxylic acids is 1. The van der Waals surface area contributed by atoms with Crippen molar-refractivity contribution < 1.29 is 4.79 Å². The molecule has 0 fully saturated rings. The number of para-hydroxylation sites is 1. The molecule has 72 valence electrons. The highest BCUT2D eigenvalue weighted by Crippen LogP contribution is 2.27. The number of hydrogen-bond acceptors (Lipinski definition) is 1. The lowest BCUT2D eigenvalue weighted by molar-refractivity contribution is 0.100. The largest absolute Gasteiger partial charge is 0.366 e. The van der Waals surface area contributed by atoms with E-state index in [4.69, 9.17) is 17.3 Å². The molecule has 1 amide bonds. The van der Waals surface area contributed by atoms with Gasteiger partial charge in [-0.25, -0.2) is 0 Å². The van der Waals surface area contributed by atoms with Crippen molar-refractivity contribution in [2.24, 2.45) is 12.8 Å². The van der Waals surface area contributed by atoms with Crippen LogP contribution in [-0.2, 0) is 7.05 Å².